The van der Waals surface area contributed by atoms with Gasteiger partial charge in [-0.2, -0.15) is 0 Å². The lowest BCUT2D eigenvalue weighted by Gasteiger charge is -2.31. The number of hydrogen-bond acceptors (Lipinski definition) is 4. The van der Waals surface area contributed by atoms with Crippen LogP contribution in [0.5, 0.6) is 0 Å². The summed E-state index contributed by atoms with van der Waals surface area (Å²) in [6.45, 7) is 5.29. The molecule has 1 N–H and O–H groups in total. The summed E-state index contributed by atoms with van der Waals surface area (Å²) in [6.07, 6.45) is -0.382. The Bertz CT molecular complexity index is 511. The Kier molecular flexibility index (Phi) is 5.90. The number of esters is 1. The van der Waals surface area contributed by atoms with Gasteiger partial charge in [0.1, 0.15) is 0 Å². The van der Waals surface area contributed by atoms with Gasteiger partial charge in [-0.1, -0.05) is 24.3 Å². The maximum Gasteiger partial charge on any atom is 0.328 e. The zero-order valence-electron chi connectivity index (χ0n) is 12.9. The normalized spacial score (nSPS) is 15.0. The number of carboxylic acid groups (broad SMARTS) is 1. The van der Waals surface area contributed by atoms with Gasteiger partial charge in [0, 0.05) is 13.5 Å². The van der Waals surface area contributed by atoms with Crippen LogP contribution < -0.4 is 0 Å². The summed E-state index contributed by atoms with van der Waals surface area (Å²) in [5, 5.41) is 9.79. The van der Waals surface area contributed by atoms with E-state index in [-0.39, 0.29) is 13.0 Å². The van der Waals surface area contributed by atoms with Crippen molar-refractivity contribution < 1.29 is 24.2 Å². The number of benzene rings is 1. The molecule has 0 radical (unpaired) electrons. The molecule has 1 rings (SSSR count). The Morgan fingerprint density at radius 2 is 1.95 bits per heavy atom. The van der Waals surface area contributed by atoms with E-state index in [9.17, 15) is 14.7 Å². The van der Waals surface area contributed by atoms with Crippen LogP contribution in [0.1, 0.15) is 31.4 Å². The van der Waals surface area contributed by atoms with Crippen molar-refractivity contribution >= 4 is 11.9 Å². The number of rotatable bonds is 7. The van der Waals surface area contributed by atoms with E-state index in [0.717, 1.165) is 5.56 Å². The first-order valence-corrected chi connectivity index (χ1v) is 6.89. The van der Waals surface area contributed by atoms with Crippen LogP contribution in [-0.4, -0.2) is 36.9 Å². The quantitative estimate of drug-likeness (QED) is 0.617. The number of carboxylic acids is 1. The molecule has 2 atom stereocenters. The molecule has 0 aliphatic carbocycles. The van der Waals surface area contributed by atoms with Crippen LogP contribution in [0.15, 0.2) is 24.3 Å². The molecule has 0 fully saturated rings. The van der Waals surface area contributed by atoms with Crippen molar-refractivity contribution in [3.8, 4) is 0 Å². The third-order valence-electron chi connectivity index (χ3n) is 3.59. The molecule has 5 heteroatoms. The van der Waals surface area contributed by atoms with E-state index in [1.54, 1.807) is 45.0 Å². The number of carbonyl (C=O) groups is 2. The molecule has 1 aromatic carbocycles. The van der Waals surface area contributed by atoms with Gasteiger partial charge >= 0.3 is 11.9 Å². The third-order valence-corrected chi connectivity index (χ3v) is 3.59. The van der Waals surface area contributed by atoms with Gasteiger partial charge in [-0.3, -0.25) is 9.59 Å². The van der Waals surface area contributed by atoms with Crippen LogP contribution >= 0.6 is 0 Å². The second-order valence-electron chi connectivity index (χ2n) is 5.00. The van der Waals surface area contributed by atoms with E-state index in [2.05, 4.69) is 0 Å². The molecule has 0 aliphatic rings. The minimum Gasteiger partial charge on any atom is -0.480 e. The molecule has 2 unspecified atom stereocenters. The molecule has 0 amide bonds. The Morgan fingerprint density at radius 3 is 2.43 bits per heavy atom. The van der Waals surface area contributed by atoms with Crippen LogP contribution in [0, 0.1) is 6.92 Å². The summed E-state index contributed by atoms with van der Waals surface area (Å²) >= 11 is 0. The van der Waals surface area contributed by atoms with E-state index in [1.807, 2.05) is 0 Å². The molecule has 0 heterocycles. The average molecular weight is 294 g/mol. The summed E-state index contributed by atoms with van der Waals surface area (Å²) in [6, 6.07) is 6.96. The highest BCUT2D eigenvalue weighted by Crippen LogP contribution is 2.34. The van der Waals surface area contributed by atoms with Gasteiger partial charge in [-0.15, -0.1) is 0 Å². The average Bonchev–Trinajstić information content (AvgIpc) is 2.45. The van der Waals surface area contributed by atoms with E-state index in [0.29, 0.717) is 5.56 Å². The molecule has 0 saturated carbocycles. The maximum atomic E-state index is 12.5. The Labute approximate surface area is 124 Å². The van der Waals surface area contributed by atoms with E-state index < -0.39 is 23.5 Å². The number of ether oxygens (including phenoxy) is 2. The smallest absolute Gasteiger partial charge is 0.328 e. The number of aliphatic carboxylic acids is 1. The van der Waals surface area contributed by atoms with Gasteiger partial charge in [0.05, 0.1) is 12.7 Å². The van der Waals surface area contributed by atoms with Crippen molar-refractivity contribution in [1.29, 1.82) is 0 Å². The van der Waals surface area contributed by atoms with Gasteiger partial charge in [0.15, 0.2) is 5.41 Å². The van der Waals surface area contributed by atoms with Crippen molar-refractivity contribution in [2.24, 2.45) is 0 Å². The lowest BCUT2D eigenvalue weighted by atomic mass is 9.74. The molecular formula is C16H22O5. The van der Waals surface area contributed by atoms with Crippen molar-refractivity contribution in [2.45, 2.75) is 38.7 Å². The Morgan fingerprint density at radius 1 is 1.33 bits per heavy atom. The Hall–Kier alpha value is -1.88. The number of aryl methyl sites for hydroxylation is 1. The van der Waals surface area contributed by atoms with E-state index in [1.165, 1.54) is 7.11 Å². The van der Waals surface area contributed by atoms with Crippen LogP contribution in [0.2, 0.25) is 0 Å². The third kappa shape index (κ3) is 3.42. The fraction of sp³-hybridized carbons (Fsp3) is 0.500. The van der Waals surface area contributed by atoms with Crippen LogP contribution in [0.4, 0.5) is 0 Å². The highest BCUT2D eigenvalue weighted by Gasteiger charge is 2.51. The van der Waals surface area contributed by atoms with Crippen LogP contribution in [0.3, 0.4) is 0 Å². The summed E-state index contributed by atoms with van der Waals surface area (Å²) in [7, 11) is 1.49. The second kappa shape index (κ2) is 7.22. The highest BCUT2D eigenvalue weighted by atomic mass is 16.5. The first-order valence-electron chi connectivity index (χ1n) is 6.89. The fourth-order valence-corrected chi connectivity index (χ4v) is 2.41. The van der Waals surface area contributed by atoms with Gasteiger partial charge < -0.3 is 14.6 Å². The monoisotopic (exact) mass is 294 g/mol. The molecule has 0 bridgehead atoms. The molecule has 1 aromatic rings. The molecule has 0 aromatic heterocycles. The number of methoxy groups -OCH3 is 1. The molecule has 0 saturated heterocycles. The molecule has 21 heavy (non-hydrogen) atoms. The Balaban J connectivity index is 3.48. The summed E-state index contributed by atoms with van der Waals surface area (Å²) < 4.78 is 10.2. The maximum absolute atomic E-state index is 12.5. The van der Waals surface area contributed by atoms with Crippen LogP contribution in [0.25, 0.3) is 0 Å². The standard InChI is InChI=1S/C16H22O5/c1-5-21-15(19)16(14(17)18,10-12(3)20-4)13-9-7-6-8-11(13)2/h6-9,12H,5,10H2,1-4H3,(H,17,18). The topological polar surface area (TPSA) is 72.8 Å². The van der Waals surface area contributed by atoms with Crippen LogP contribution in [-0.2, 0) is 24.5 Å². The van der Waals surface area contributed by atoms with E-state index >= 15 is 0 Å². The first kappa shape index (κ1) is 17.2. The minimum absolute atomic E-state index is 0.0164. The summed E-state index contributed by atoms with van der Waals surface area (Å²) in [5.41, 5.74) is -0.576. The minimum atomic E-state index is -1.75. The number of carbonyl (C=O) groups excluding carboxylic acids is 1. The molecule has 0 aliphatic heterocycles. The van der Waals surface area contributed by atoms with Gasteiger partial charge in [-0.05, 0) is 31.9 Å². The van der Waals surface area contributed by atoms with E-state index in [4.69, 9.17) is 9.47 Å². The lowest BCUT2D eigenvalue weighted by molar-refractivity contribution is -0.163. The summed E-state index contributed by atoms with van der Waals surface area (Å²) in [5.74, 6) is -1.98. The zero-order valence-corrected chi connectivity index (χ0v) is 12.9. The number of hydrogen-bond donors (Lipinski definition) is 1. The summed E-state index contributed by atoms with van der Waals surface area (Å²) in [4.78, 5) is 24.4. The van der Waals surface area contributed by atoms with Gasteiger partial charge in [-0.25, -0.2) is 0 Å². The largest absolute Gasteiger partial charge is 0.480 e. The van der Waals surface area contributed by atoms with Crippen molar-refractivity contribution in [1.82, 2.24) is 0 Å². The van der Waals surface area contributed by atoms with Gasteiger partial charge in [0.2, 0.25) is 0 Å². The predicted molar refractivity (Wildman–Crippen MR) is 78.2 cm³/mol. The predicted octanol–water partition coefficient (Wildman–Crippen LogP) is 2.31. The van der Waals surface area contributed by atoms with Crippen molar-refractivity contribution in [2.75, 3.05) is 13.7 Å². The van der Waals surface area contributed by atoms with Crippen molar-refractivity contribution in [3.05, 3.63) is 35.4 Å². The molecule has 0 spiro atoms. The first-order chi connectivity index (χ1) is 9.90. The second-order valence-corrected chi connectivity index (χ2v) is 5.00. The molecule has 5 nitrogen and oxygen atoms in total. The zero-order chi connectivity index (χ0) is 16.0. The fourth-order valence-electron chi connectivity index (χ4n) is 2.41. The molecular weight excluding hydrogens is 272 g/mol. The molecule has 116 valence electrons. The SMILES string of the molecule is CCOC(=O)C(CC(C)OC)(C(=O)O)c1ccccc1C. The van der Waals surface area contributed by atoms with Crippen molar-refractivity contribution in [3.63, 3.8) is 0 Å². The lowest BCUT2D eigenvalue weighted by Crippen LogP contribution is -2.47. The van der Waals surface area contributed by atoms with Gasteiger partial charge in [0.25, 0.3) is 0 Å². The highest BCUT2D eigenvalue weighted by molar-refractivity contribution is 6.06.